The summed E-state index contributed by atoms with van der Waals surface area (Å²) in [5.41, 5.74) is 1.66. The molecule has 0 radical (unpaired) electrons. The van der Waals surface area contributed by atoms with Gasteiger partial charge < -0.3 is 9.84 Å². The van der Waals surface area contributed by atoms with Gasteiger partial charge in [-0.05, 0) is 47.9 Å². The van der Waals surface area contributed by atoms with Crippen LogP contribution in [0.1, 0.15) is 37.8 Å². The van der Waals surface area contributed by atoms with Gasteiger partial charge in [0, 0.05) is 23.4 Å². The van der Waals surface area contributed by atoms with E-state index in [4.69, 9.17) is 16.1 Å². The predicted molar refractivity (Wildman–Crippen MR) is 105 cm³/mol. The van der Waals surface area contributed by atoms with E-state index in [1.165, 1.54) is 12.1 Å². The molecular formula is C21H21ClFN3O2. The van der Waals surface area contributed by atoms with Crippen molar-refractivity contribution < 1.29 is 13.7 Å². The van der Waals surface area contributed by atoms with E-state index in [0.717, 1.165) is 5.56 Å². The quantitative estimate of drug-likeness (QED) is 0.606. The number of carbonyl (C=O) groups is 1. The van der Waals surface area contributed by atoms with Gasteiger partial charge in [0.25, 0.3) is 0 Å². The smallest absolute Gasteiger partial charge is 0.227 e. The Morgan fingerprint density at radius 2 is 1.82 bits per heavy atom. The molecule has 146 valence electrons. The molecule has 0 aliphatic carbocycles. The zero-order chi connectivity index (χ0) is 20.1. The SMILES string of the molecule is CC(C)C(NC(=O)CCc1nc(-c2ccc(F)cc2)no1)c1ccc(Cl)cc1. The maximum absolute atomic E-state index is 13.0. The molecule has 28 heavy (non-hydrogen) atoms. The van der Waals surface area contributed by atoms with Crippen molar-refractivity contribution in [1.82, 2.24) is 15.5 Å². The Morgan fingerprint density at radius 1 is 1.14 bits per heavy atom. The van der Waals surface area contributed by atoms with Gasteiger partial charge in [0.2, 0.25) is 17.6 Å². The summed E-state index contributed by atoms with van der Waals surface area (Å²) in [7, 11) is 0. The second kappa shape index (κ2) is 8.97. The van der Waals surface area contributed by atoms with Crippen molar-refractivity contribution in [2.75, 3.05) is 0 Å². The highest BCUT2D eigenvalue weighted by atomic mass is 35.5. The molecule has 0 aliphatic rings. The number of aromatic nitrogens is 2. The molecule has 0 saturated carbocycles. The summed E-state index contributed by atoms with van der Waals surface area (Å²) in [4.78, 5) is 16.7. The maximum Gasteiger partial charge on any atom is 0.227 e. The highest BCUT2D eigenvalue weighted by molar-refractivity contribution is 6.30. The van der Waals surface area contributed by atoms with Crippen LogP contribution in [-0.2, 0) is 11.2 Å². The van der Waals surface area contributed by atoms with Crippen LogP contribution in [0.5, 0.6) is 0 Å². The van der Waals surface area contributed by atoms with Crippen molar-refractivity contribution >= 4 is 17.5 Å². The van der Waals surface area contributed by atoms with Crippen LogP contribution in [0.25, 0.3) is 11.4 Å². The number of amides is 1. The molecule has 7 heteroatoms. The Kier molecular flexibility index (Phi) is 6.41. The Balaban J connectivity index is 1.59. The number of carbonyl (C=O) groups excluding carboxylic acids is 1. The Morgan fingerprint density at radius 3 is 2.46 bits per heavy atom. The van der Waals surface area contributed by atoms with Gasteiger partial charge in [-0.3, -0.25) is 4.79 Å². The van der Waals surface area contributed by atoms with Crippen LogP contribution in [0, 0.1) is 11.7 Å². The minimum Gasteiger partial charge on any atom is -0.349 e. The van der Waals surface area contributed by atoms with Gasteiger partial charge in [-0.2, -0.15) is 4.98 Å². The Hall–Kier alpha value is -2.73. The zero-order valence-electron chi connectivity index (χ0n) is 15.7. The second-order valence-corrected chi connectivity index (χ2v) is 7.30. The van der Waals surface area contributed by atoms with Gasteiger partial charge in [-0.15, -0.1) is 0 Å². The molecular weight excluding hydrogens is 381 g/mol. The highest BCUT2D eigenvalue weighted by Crippen LogP contribution is 2.23. The molecule has 0 bridgehead atoms. The fourth-order valence-corrected chi connectivity index (χ4v) is 2.97. The number of benzene rings is 2. The molecule has 0 aliphatic heterocycles. The summed E-state index contributed by atoms with van der Waals surface area (Å²) in [6, 6.07) is 13.2. The van der Waals surface area contributed by atoms with E-state index in [0.29, 0.717) is 28.7 Å². The van der Waals surface area contributed by atoms with E-state index in [2.05, 4.69) is 15.5 Å². The fraction of sp³-hybridized carbons (Fsp3) is 0.286. The van der Waals surface area contributed by atoms with Gasteiger partial charge >= 0.3 is 0 Å². The molecule has 5 nitrogen and oxygen atoms in total. The normalized spacial score (nSPS) is 12.2. The van der Waals surface area contributed by atoms with E-state index >= 15 is 0 Å². The minimum atomic E-state index is -0.329. The molecule has 1 aromatic heterocycles. The molecule has 1 atom stereocenters. The fourth-order valence-electron chi connectivity index (χ4n) is 2.84. The minimum absolute atomic E-state index is 0.102. The molecule has 0 saturated heterocycles. The van der Waals surface area contributed by atoms with Crippen LogP contribution in [0.4, 0.5) is 4.39 Å². The van der Waals surface area contributed by atoms with Crippen molar-refractivity contribution in [2.45, 2.75) is 32.7 Å². The monoisotopic (exact) mass is 401 g/mol. The first kappa shape index (κ1) is 20.0. The lowest BCUT2D eigenvalue weighted by Gasteiger charge is -2.23. The van der Waals surface area contributed by atoms with Crippen LogP contribution >= 0.6 is 11.6 Å². The number of nitrogens with zero attached hydrogens (tertiary/aromatic N) is 2. The van der Waals surface area contributed by atoms with Crippen molar-refractivity contribution in [3.63, 3.8) is 0 Å². The van der Waals surface area contributed by atoms with Crippen LogP contribution < -0.4 is 5.32 Å². The number of hydrogen-bond donors (Lipinski definition) is 1. The molecule has 1 amide bonds. The summed E-state index contributed by atoms with van der Waals surface area (Å²) in [6.07, 6.45) is 0.549. The number of hydrogen-bond acceptors (Lipinski definition) is 4. The van der Waals surface area contributed by atoms with Crippen molar-refractivity contribution in [2.24, 2.45) is 5.92 Å². The molecule has 1 unspecified atom stereocenters. The standard InChI is InChI=1S/C21H21ClFN3O2/c1-13(2)20(14-3-7-16(22)8-4-14)24-18(27)11-12-19-25-21(26-28-19)15-5-9-17(23)10-6-15/h3-10,13,20H,11-12H2,1-2H3,(H,24,27). The first-order chi connectivity index (χ1) is 13.4. The van der Waals surface area contributed by atoms with E-state index in [1.807, 2.05) is 38.1 Å². The lowest BCUT2D eigenvalue weighted by atomic mass is 9.96. The van der Waals surface area contributed by atoms with Gasteiger partial charge in [0.15, 0.2) is 0 Å². The van der Waals surface area contributed by atoms with Crippen LogP contribution in [0.3, 0.4) is 0 Å². The molecule has 2 aromatic carbocycles. The van der Waals surface area contributed by atoms with Gasteiger partial charge in [0.1, 0.15) is 5.82 Å². The first-order valence-corrected chi connectivity index (χ1v) is 9.43. The zero-order valence-corrected chi connectivity index (χ0v) is 16.4. The summed E-state index contributed by atoms with van der Waals surface area (Å²) < 4.78 is 18.2. The molecule has 1 N–H and O–H groups in total. The van der Waals surface area contributed by atoms with Gasteiger partial charge in [-0.25, -0.2) is 4.39 Å². The van der Waals surface area contributed by atoms with Crippen LogP contribution in [0.15, 0.2) is 53.1 Å². The van der Waals surface area contributed by atoms with Crippen molar-refractivity contribution in [1.29, 1.82) is 0 Å². The number of halogens is 2. The van der Waals surface area contributed by atoms with Gasteiger partial charge in [0.05, 0.1) is 6.04 Å². The van der Waals surface area contributed by atoms with Crippen LogP contribution in [-0.4, -0.2) is 16.0 Å². The molecule has 0 spiro atoms. The lowest BCUT2D eigenvalue weighted by Crippen LogP contribution is -2.31. The average Bonchev–Trinajstić information content (AvgIpc) is 3.15. The maximum atomic E-state index is 13.0. The topological polar surface area (TPSA) is 68.0 Å². The number of nitrogens with one attached hydrogen (secondary N) is 1. The van der Waals surface area contributed by atoms with E-state index in [1.54, 1.807) is 12.1 Å². The Bertz CT molecular complexity index is 924. The average molecular weight is 402 g/mol. The predicted octanol–water partition coefficient (Wildman–Crippen LogP) is 4.98. The second-order valence-electron chi connectivity index (χ2n) is 6.86. The third kappa shape index (κ3) is 5.16. The molecule has 0 fully saturated rings. The Labute approximate surface area is 167 Å². The lowest BCUT2D eigenvalue weighted by molar-refractivity contribution is -0.122. The largest absolute Gasteiger partial charge is 0.349 e. The molecule has 1 heterocycles. The van der Waals surface area contributed by atoms with Crippen LogP contribution in [0.2, 0.25) is 5.02 Å². The molecule has 3 aromatic rings. The third-order valence-corrected chi connectivity index (χ3v) is 4.60. The van der Waals surface area contributed by atoms with Crippen molar-refractivity contribution in [3.8, 4) is 11.4 Å². The van der Waals surface area contributed by atoms with E-state index in [-0.39, 0.29) is 30.1 Å². The van der Waals surface area contributed by atoms with Crippen molar-refractivity contribution in [3.05, 3.63) is 70.8 Å². The van der Waals surface area contributed by atoms with E-state index < -0.39 is 0 Å². The third-order valence-electron chi connectivity index (χ3n) is 4.35. The number of aryl methyl sites for hydroxylation is 1. The highest BCUT2D eigenvalue weighted by Gasteiger charge is 2.19. The van der Waals surface area contributed by atoms with E-state index in [9.17, 15) is 9.18 Å². The van der Waals surface area contributed by atoms with Gasteiger partial charge in [-0.1, -0.05) is 42.7 Å². The summed E-state index contributed by atoms with van der Waals surface area (Å²) in [5, 5.41) is 7.60. The first-order valence-electron chi connectivity index (χ1n) is 9.05. The summed E-state index contributed by atoms with van der Waals surface area (Å²) >= 11 is 5.94. The molecule has 3 rings (SSSR count). The number of rotatable bonds is 7. The summed E-state index contributed by atoms with van der Waals surface area (Å²) in [6.45, 7) is 4.10. The summed E-state index contributed by atoms with van der Waals surface area (Å²) in [5.74, 6) is 0.525.